The fraction of sp³-hybridized carbons (Fsp3) is 0.786. The van der Waals surface area contributed by atoms with Crippen LogP contribution >= 0.6 is 0 Å². The van der Waals surface area contributed by atoms with E-state index in [4.69, 9.17) is 5.73 Å². The number of rotatable bonds is 4. The van der Waals surface area contributed by atoms with Crippen LogP contribution in [-0.4, -0.2) is 57.8 Å². The molecule has 0 spiro atoms. The van der Waals surface area contributed by atoms with Crippen LogP contribution in [-0.2, 0) is 13.6 Å². The van der Waals surface area contributed by atoms with E-state index >= 15 is 0 Å². The van der Waals surface area contributed by atoms with Crippen LogP contribution in [0.4, 0.5) is 0 Å². The van der Waals surface area contributed by atoms with E-state index in [2.05, 4.69) is 34.8 Å². The molecule has 1 aromatic heterocycles. The van der Waals surface area contributed by atoms with Crippen LogP contribution in [0.2, 0.25) is 0 Å². The summed E-state index contributed by atoms with van der Waals surface area (Å²) in [6.07, 6.45) is 0. The minimum absolute atomic E-state index is 0.120. The van der Waals surface area contributed by atoms with Gasteiger partial charge in [-0.05, 0) is 26.8 Å². The summed E-state index contributed by atoms with van der Waals surface area (Å²) in [5, 5.41) is 4.41. The van der Waals surface area contributed by atoms with Gasteiger partial charge in [-0.25, -0.2) is 0 Å². The van der Waals surface area contributed by atoms with E-state index in [1.54, 1.807) is 0 Å². The Morgan fingerprint density at radius 2 is 1.89 bits per heavy atom. The quantitative estimate of drug-likeness (QED) is 0.865. The smallest absolute Gasteiger partial charge is 0.0597 e. The highest BCUT2D eigenvalue weighted by molar-refractivity contribution is 5.08. The molecule has 19 heavy (non-hydrogen) atoms. The summed E-state index contributed by atoms with van der Waals surface area (Å²) in [4.78, 5) is 5.00. The van der Waals surface area contributed by atoms with Crippen molar-refractivity contribution in [3.05, 3.63) is 17.5 Å². The Balaban J connectivity index is 1.89. The van der Waals surface area contributed by atoms with Gasteiger partial charge in [0.05, 0.1) is 11.4 Å². The van der Waals surface area contributed by atoms with Crippen molar-refractivity contribution < 1.29 is 0 Å². The standard InChI is InChI=1S/C14H27N5/c1-12-9-13(17(4)16-12)10-18-5-7-19(8-6-18)14(2,3)11-15/h9H,5-8,10-11,15H2,1-4H3. The molecule has 1 aromatic rings. The second-order valence-electron chi connectivity index (χ2n) is 6.18. The highest BCUT2D eigenvalue weighted by Gasteiger charge is 2.28. The molecule has 0 atom stereocenters. The Morgan fingerprint density at radius 3 is 2.37 bits per heavy atom. The van der Waals surface area contributed by atoms with Gasteiger partial charge in [0.15, 0.2) is 0 Å². The van der Waals surface area contributed by atoms with Gasteiger partial charge in [0, 0.05) is 51.9 Å². The van der Waals surface area contributed by atoms with E-state index in [1.165, 1.54) is 5.69 Å². The maximum absolute atomic E-state index is 5.85. The third kappa shape index (κ3) is 3.35. The zero-order valence-electron chi connectivity index (χ0n) is 12.7. The van der Waals surface area contributed by atoms with Gasteiger partial charge < -0.3 is 5.73 Å². The predicted molar refractivity (Wildman–Crippen MR) is 77.9 cm³/mol. The zero-order valence-corrected chi connectivity index (χ0v) is 12.7. The molecule has 0 aliphatic carbocycles. The molecular weight excluding hydrogens is 238 g/mol. The summed E-state index contributed by atoms with van der Waals surface area (Å²) < 4.78 is 1.99. The molecule has 0 saturated carbocycles. The molecule has 1 aliphatic heterocycles. The molecule has 2 heterocycles. The van der Waals surface area contributed by atoms with E-state index < -0.39 is 0 Å². The van der Waals surface area contributed by atoms with Crippen molar-refractivity contribution in [2.24, 2.45) is 12.8 Å². The molecule has 108 valence electrons. The van der Waals surface area contributed by atoms with Crippen LogP contribution in [0.3, 0.4) is 0 Å². The zero-order chi connectivity index (χ0) is 14.0. The van der Waals surface area contributed by atoms with Crippen molar-refractivity contribution in [1.29, 1.82) is 0 Å². The SMILES string of the molecule is Cc1cc(CN2CCN(C(C)(C)CN)CC2)n(C)n1. The van der Waals surface area contributed by atoms with Crippen LogP contribution < -0.4 is 5.73 Å². The molecule has 0 bridgehead atoms. The van der Waals surface area contributed by atoms with Crippen LogP contribution in [0.1, 0.15) is 25.2 Å². The van der Waals surface area contributed by atoms with E-state index in [0.29, 0.717) is 6.54 Å². The number of piperazine rings is 1. The van der Waals surface area contributed by atoms with E-state index in [-0.39, 0.29) is 5.54 Å². The summed E-state index contributed by atoms with van der Waals surface area (Å²) >= 11 is 0. The lowest BCUT2D eigenvalue weighted by Crippen LogP contribution is -2.57. The van der Waals surface area contributed by atoms with Crippen molar-refractivity contribution in [3.63, 3.8) is 0 Å². The van der Waals surface area contributed by atoms with Crippen molar-refractivity contribution in [2.45, 2.75) is 32.9 Å². The van der Waals surface area contributed by atoms with Gasteiger partial charge in [-0.1, -0.05) is 0 Å². The van der Waals surface area contributed by atoms with Gasteiger partial charge in [-0.3, -0.25) is 14.5 Å². The average Bonchev–Trinajstić information content (AvgIpc) is 2.68. The van der Waals surface area contributed by atoms with Gasteiger partial charge >= 0.3 is 0 Å². The van der Waals surface area contributed by atoms with Crippen molar-refractivity contribution in [3.8, 4) is 0 Å². The van der Waals surface area contributed by atoms with Gasteiger partial charge in [-0.15, -0.1) is 0 Å². The lowest BCUT2D eigenvalue weighted by Gasteiger charge is -2.43. The molecule has 1 fully saturated rings. The number of nitrogens with zero attached hydrogens (tertiary/aromatic N) is 4. The molecule has 2 rings (SSSR count). The Kier molecular flexibility index (Phi) is 4.28. The van der Waals surface area contributed by atoms with E-state index in [9.17, 15) is 0 Å². The van der Waals surface area contributed by atoms with Crippen LogP contribution in [0.5, 0.6) is 0 Å². The van der Waals surface area contributed by atoms with E-state index in [0.717, 1.165) is 38.4 Å². The van der Waals surface area contributed by atoms with Gasteiger partial charge in [-0.2, -0.15) is 5.10 Å². The van der Waals surface area contributed by atoms with E-state index in [1.807, 2.05) is 18.7 Å². The number of aryl methyl sites for hydroxylation is 2. The summed E-state index contributed by atoms with van der Waals surface area (Å²) in [6, 6.07) is 2.18. The average molecular weight is 265 g/mol. The molecule has 0 aromatic carbocycles. The minimum atomic E-state index is 0.120. The Labute approximate surface area is 116 Å². The second kappa shape index (κ2) is 5.61. The van der Waals surface area contributed by atoms with Crippen molar-refractivity contribution in [1.82, 2.24) is 19.6 Å². The Morgan fingerprint density at radius 1 is 1.26 bits per heavy atom. The predicted octanol–water partition coefficient (Wildman–Crippen LogP) is 0.583. The third-order valence-corrected chi connectivity index (χ3v) is 4.21. The highest BCUT2D eigenvalue weighted by atomic mass is 15.3. The first-order valence-electron chi connectivity index (χ1n) is 7.09. The van der Waals surface area contributed by atoms with Gasteiger partial charge in [0.2, 0.25) is 0 Å². The first-order valence-corrected chi connectivity index (χ1v) is 7.09. The summed E-state index contributed by atoms with van der Waals surface area (Å²) in [7, 11) is 2.02. The summed E-state index contributed by atoms with van der Waals surface area (Å²) in [6.45, 7) is 12.6. The molecule has 0 unspecified atom stereocenters. The molecule has 0 radical (unpaired) electrons. The monoisotopic (exact) mass is 265 g/mol. The molecule has 5 nitrogen and oxygen atoms in total. The Bertz CT molecular complexity index is 415. The minimum Gasteiger partial charge on any atom is -0.329 e. The fourth-order valence-corrected chi connectivity index (χ4v) is 2.68. The first-order chi connectivity index (χ1) is 8.92. The molecule has 1 saturated heterocycles. The first kappa shape index (κ1) is 14.5. The molecule has 2 N–H and O–H groups in total. The van der Waals surface area contributed by atoms with Crippen molar-refractivity contribution >= 4 is 0 Å². The topological polar surface area (TPSA) is 50.3 Å². The molecule has 1 aliphatic rings. The third-order valence-electron chi connectivity index (χ3n) is 4.21. The number of hydrogen-bond donors (Lipinski definition) is 1. The molecule has 5 heteroatoms. The Hall–Kier alpha value is -0.910. The second-order valence-corrected chi connectivity index (χ2v) is 6.18. The lowest BCUT2D eigenvalue weighted by atomic mass is 10.0. The normalized spacial score (nSPS) is 19.0. The number of aromatic nitrogens is 2. The molecule has 0 amide bonds. The molecular formula is C14H27N5. The van der Waals surface area contributed by atoms with Crippen LogP contribution in [0.25, 0.3) is 0 Å². The van der Waals surface area contributed by atoms with Gasteiger partial charge in [0.1, 0.15) is 0 Å². The fourth-order valence-electron chi connectivity index (χ4n) is 2.68. The highest BCUT2D eigenvalue weighted by Crippen LogP contribution is 2.17. The maximum Gasteiger partial charge on any atom is 0.0597 e. The van der Waals surface area contributed by atoms with Gasteiger partial charge in [0.25, 0.3) is 0 Å². The lowest BCUT2D eigenvalue weighted by molar-refractivity contribution is 0.0528. The number of nitrogens with two attached hydrogens (primary N) is 1. The largest absolute Gasteiger partial charge is 0.329 e. The number of hydrogen-bond acceptors (Lipinski definition) is 4. The van der Waals surface area contributed by atoms with Crippen LogP contribution in [0.15, 0.2) is 6.07 Å². The summed E-state index contributed by atoms with van der Waals surface area (Å²) in [5.74, 6) is 0. The van der Waals surface area contributed by atoms with Crippen molar-refractivity contribution in [2.75, 3.05) is 32.7 Å². The summed E-state index contributed by atoms with van der Waals surface area (Å²) in [5.41, 5.74) is 8.36. The maximum atomic E-state index is 5.85. The van der Waals surface area contributed by atoms with Crippen LogP contribution in [0, 0.1) is 6.92 Å².